The van der Waals surface area contributed by atoms with Crippen molar-refractivity contribution in [3.8, 4) is 11.5 Å². The zero-order valence-electron chi connectivity index (χ0n) is 25.5. The fraction of sp³-hybridized carbons (Fsp3) is 0.419. The number of aryl methyl sites for hydroxylation is 2. The topological polar surface area (TPSA) is 137 Å². The van der Waals surface area contributed by atoms with Gasteiger partial charge in [-0.3, -0.25) is 4.79 Å². The standard InChI is InChI=1S/C31H35F2N5O6S/c1-18-35-27(17-37(18)5)45(41,42)34-15-22(39)16-38-23-8-7-21(12-19(23)13-26(38)29(2,3)4)36-28(40)30(10-11-30)20-6-9-24-25(14-20)44-31(32,33)43-24/h6-9,12-14,17,22,34,39H,10-11,15-16H2,1-5H3,(H,36,40)/t22-/m0/s1. The van der Waals surface area contributed by atoms with Gasteiger partial charge in [0.1, 0.15) is 5.82 Å². The van der Waals surface area contributed by atoms with Gasteiger partial charge < -0.3 is 29.0 Å². The molecular weight excluding hydrogens is 608 g/mol. The van der Waals surface area contributed by atoms with Crippen molar-refractivity contribution in [3.63, 3.8) is 0 Å². The summed E-state index contributed by atoms with van der Waals surface area (Å²) in [6, 6.07) is 11.9. The molecule has 1 amide bonds. The fourth-order valence-corrected chi connectivity index (χ4v) is 6.76. The molecule has 2 aromatic carbocycles. The van der Waals surface area contributed by atoms with Crippen LogP contribution in [0.5, 0.6) is 11.5 Å². The van der Waals surface area contributed by atoms with Crippen molar-refractivity contribution in [2.24, 2.45) is 7.05 Å². The van der Waals surface area contributed by atoms with Crippen molar-refractivity contribution in [3.05, 3.63) is 65.7 Å². The minimum atomic E-state index is -3.91. The Balaban J connectivity index is 1.20. The van der Waals surface area contributed by atoms with Crippen molar-refractivity contribution in [1.82, 2.24) is 18.8 Å². The van der Waals surface area contributed by atoms with Crippen LogP contribution in [0, 0.1) is 6.92 Å². The van der Waals surface area contributed by atoms with Gasteiger partial charge in [0.15, 0.2) is 16.5 Å². The Labute approximate surface area is 259 Å². The first-order valence-electron chi connectivity index (χ1n) is 14.5. The van der Waals surface area contributed by atoms with Crippen LogP contribution in [-0.2, 0) is 39.2 Å². The van der Waals surface area contributed by atoms with Crippen molar-refractivity contribution in [2.75, 3.05) is 11.9 Å². The second-order valence-electron chi connectivity index (χ2n) is 12.8. The quantitative estimate of drug-likeness (QED) is 0.247. The van der Waals surface area contributed by atoms with Gasteiger partial charge in [-0.1, -0.05) is 26.8 Å². The average molecular weight is 644 g/mol. The predicted octanol–water partition coefficient (Wildman–Crippen LogP) is 4.31. The van der Waals surface area contributed by atoms with Crippen LogP contribution in [0.25, 0.3) is 10.9 Å². The number of nitrogens with one attached hydrogen (secondary N) is 2. The van der Waals surface area contributed by atoms with Crippen molar-refractivity contribution < 1.29 is 36.6 Å². The van der Waals surface area contributed by atoms with Gasteiger partial charge in [-0.05, 0) is 61.7 Å². The maximum atomic E-state index is 13.5. The van der Waals surface area contributed by atoms with Crippen molar-refractivity contribution >= 4 is 32.5 Å². The van der Waals surface area contributed by atoms with E-state index >= 15 is 0 Å². The number of imidazole rings is 1. The second-order valence-corrected chi connectivity index (χ2v) is 14.5. The third kappa shape index (κ3) is 5.89. The molecule has 11 nitrogen and oxygen atoms in total. The molecule has 0 bridgehead atoms. The van der Waals surface area contributed by atoms with Crippen LogP contribution in [0.4, 0.5) is 14.5 Å². The number of benzene rings is 2. The Kier molecular flexibility index (Phi) is 7.25. The minimum absolute atomic E-state index is 0.0737. The number of aromatic nitrogens is 3. The smallest absolute Gasteiger partial charge is 0.395 e. The van der Waals surface area contributed by atoms with Gasteiger partial charge in [0.25, 0.3) is 10.0 Å². The molecule has 1 atom stereocenters. The van der Waals surface area contributed by atoms with Crippen LogP contribution in [0.1, 0.15) is 50.7 Å². The molecule has 240 valence electrons. The van der Waals surface area contributed by atoms with Gasteiger partial charge in [0, 0.05) is 47.5 Å². The van der Waals surface area contributed by atoms with Gasteiger partial charge in [-0.15, -0.1) is 8.78 Å². The first-order valence-corrected chi connectivity index (χ1v) is 16.0. The molecule has 3 N–H and O–H groups in total. The lowest BCUT2D eigenvalue weighted by Gasteiger charge is -2.24. The third-order valence-corrected chi connectivity index (χ3v) is 9.62. The van der Waals surface area contributed by atoms with Crippen molar-refractivity contribution in [1.29, 1.82) is 0 Å². The van der Waals surface area contributed by atoms with Crippen LogP contribution in [0.15, 0.2) is 53.7 Å². The summed E-state index contributed by atoms with van der Waals surface area (Å²) in [5, 5.41) is 14.6. The molecule has 4 aromatic rings. The number of carbonyl (C=O) groups is 1. The summed E-state index contributed by atoms with van der Waals surface area (Å²) < 4.78 is 67.6. The molecular formula is C31H35F2N5O6S. The molecule has 0 unspecified atom stereocenters. The highest BCUT2D eigenvalue weighted by Crippen LogP contribution is 2.52. The molecule has 2 aliphatic rings. The Morgan fingerprint density at radius 1 is 1.11 bits per heavy atom. The molecule has 1 aliphatic carbocycles. The number of halogens is 2. The lowest BCUT2D eigenvalue weighted by molar-refractivity contribution is -0.286. The van der Waals surface area contributed by atoms with E-state index < -0.39 is 27.8 Å². The Morgan fingerprint density at radius 3 is 2.47 bits per heavy atom. The number of nitrogens with zero attached hydrogens (tertiary/aromatic N) is 3. The van der Waals surface area contributed by atoms with E-state index in [-0.39, 0.29) is 40.9 Å². The number of amides is 1. The number of alkyl halides is 2. The molecule has 6 rings (SSSR count). The van der Waals surface area contributed by atoms with E-state index in [9.17, 15) is 27.1 Å². The zero-order chi connectivity index (χ0) is 32.5. The summed E-state index contributed by atoms with van der Waals surface area (Å²) in [7, 11) is -2.21. The molecule has 1 aliphatic heterocycles. The predicted molar refractivity (Wildman–Crippen MR) is 162 cm³/mol. The van der Waals surface area contributed by atoms with E-state index in [4.69, 9.17) is 0 Å². The summed E-state index contributed by atoms with van der Waals surface area (Å²) in [6.07, 6.45) is -2.25. The summed E-state index contributed by atoms with van der Waals surface area (Å²) in [4.78, 5) is 17.5. The van der Waals surface area contributed by atoms with Gasteiger partial charge in [-0.2, -0.15) is 0 Å². The largest absolute Gasteiger partial charge is 0.586 e. The van der Waals surface area contributed by atoms with Gasteiger partial charge in [0.05, 0.1) is 18.1 Å². The Hall–Kier alpha value is -4.01. The van der Waals surface area contributed by atoms with Gasteiger partial charge in [0.2, 0.25) is 5.91 Å². The number of hydrogen-bond acceptors (Lipinski definition) is 7. The number of carbonyl (C=O) groups excluding carboxylic acids is 1. The summed E-state index contributed by atoms with van der Waals surface area (Å²) in [5.41, 5.74) is 1.67. The normalized spacial score (nSPS) is 17.4. The maximum absolute atomic E-state index is 13.5. The number of fused-ring (bicyclic) bond motifs is 2. The number of ether oxygens (including phenoxy) is 2. The minimum Gasteiger partial charge on any atom is -0.395 e. The first kappa shape index (κ1) is 31.0. The summed E-state index contributed by atoms with van der Waals surface area (Å²) in [6.45, 7) is 7.72. The second kappa shape index (κ2) is 10.5. The lowest BCUT2D eigenvalue weighted by Crippen LogP contribution is -2.35. The lowest BCUT2D eigenvalue weighted by atomic mass is 9.92. The average Bonchev–Trinajstić information content (AvgIpc) is 3.45. The molecule has 3 heterocycles. The van der Waals surface area contributed by atoms with Crippen molar-refractivity contribution in [2.45, 2.75) is 75.3 Å². The van der Waals surface area contributed by atoms with Crippen LogP contribution in [-0.4, -0.2) is 52.5 Å². The van der Waals surface area contributed by atoms with E-state index in [0.717, 1.165) is 16.6 Å². The molecule has 14 heteroatoms. The summed E-state index contributed by atoms with van der Waals surface area (Å²) in [5.74, 6) is 0.118. The Bertz CT molecular complexity index is 1900. The highest BCUT2D eigenvalue weighted by atomic mass is 32.2. The number of rotatable bonds is 9. The van der Waals surface area contributed by atoms with Crippen LogP contribution < -0.4 is 19.5 Å². The number of anilines is 1. The third-order valence-electron chi connectivity index (χ3n) is 8.33. The molecule has 2 aromatic heterocycles. The molecule has 0 saturated heterocycles. The molecule has 1 saturated carbocycles. The van der Waals surface area contributed by atoms with Gasteiger partial charge in [-0.25, -0.2) is 18.1 Å². The SMILES string of the molecule is Cc1nc(S(=O)(=O)NC[C@H](O)Cn2c(C(C)(C)C)cc3cc(NC(=O)C4(c5ccc6c(c5)OC(F)(F)O6)CC4)ccc32)cn1C. The highest BCUT2D eigenvalue weighted by Gasteiger charge is 2.52. The van der Waals surface area contributed by atoms with E-state index in [0.29, 0.717) is 29.9 Å². The van der Waals surface area contributed by atoms with E-state index in [1.165, 1.54) is 18.3 Å². The number of aliphatic hydroxyl groups excluding tert-OH is 1. The fourth-order valence-electron chi connectivity index (χ4n) is 5.65. The van der Waals surface area contributed by atoms with Crippen LogP contribution >= 0.6 is 0 Å². The van der Waals surface area contributed by atoms with E-state index in [1.807, 2.05) is 43.5 Å². The van der Waals surface area contributed by atoms with E-state index in [2.05, 4.69) is 24.5 Å². The summed E-state index contributed by atoms with van der Waals surface area (Å²) >= 11 is 0. The number of hydrogen-bond donors (Lipinski definition) is 3. The van der Waals surface area contributed by atoms with Crippen LogP contribution in [0.3, 0.4) is 0 Å². The van der Waals surface area contributed by atoms with Crippen LogP contribution in [0.2, 0.25) is 0 Å². The molecule has 0 radical (unpaired) electrons. The number of aliphatic hydroxyl groups is 1. The zero-order valence-corrected chi connectivity index (χ0v) is 26.3. The first-order chi connectivity index (χ1) is 21.0. The highest BCUT2D eigenvalue weighted by molar-refractivity contribution is 7.89. The molecule has 0 spiro atoms. The maximum Gasteiger partial charge on any atom is 0.586 e. The van der Waals surface area contributed by atoms with Gasteiger partial charge >= 0.3 is 6.29 Å². The monoisotopic (exact) mass is 643 g/mol. The Morgan fingerprint density at radius 2 is 1.82 bits per heavy atom. The van der Waals surface area contributed by atoms with E-state index in [1.54, 1.807) is 30.7 Å². The molecule has 45 heavy (non-hydrogen) atoms. The number of sulfonamides is 1. The molecule has 1 fully saturated rings.